The Labute approximate surface area is 153 Å². The minimum absolute atomic E-state index is 0.761. The van der Waals surface area contributed by atoms with Crippen LogP contribution in [0, 0.1) is 0 Å². The Morgan fingerprint density at radius 2 is 2.00 bits per heavy atom. The molecule has 0 aliphatic heterocycles. The zero-order valence-electron chi connectivity index (χ0n) is 12.9. The molecule has 0 fully saturated rings. The SMILES string of the molecule is Cn1c(SCc2cccc(Cl)c2)nnc1-c1csc2ccccc12. The molecule has 120 valence electrons. The van der Waals surface area contributed by atoms with Gasteiger partial charge in [0.2, 0.25) is 0 Å². The molecule has 4 aromatic rings. The quantitative estimate of drug-likeness (QED) is 0.435. The summed E-state index contributed by atoms with van der Waals surface area (Å²) in [6, 6.07) is 16.3. The van der Waals surface area contributed by atoms with Crippen molar-refractivity contribution >= 4 is 44.8 Å². The van der Waals surface area contributed by atoms with Gasteiger partial charge in [0.05, 0.1) is 0 Å². The zero-order valence-corrected chi connectivity index (χ0v) is 15.3. The third kappa shape index (κ3) is 2.95. The molecule has 24 heavy (non-hydrogen) atoms. The molecule has 0 amide bonds. The lowest BCUT2D eigenvalue weighted by Crippen LogP contribution is -1.94. The smallest absolute Gasteiger partial charge is 0.191 e. The minimum Gasteiger partial charge on any atom is -0.305 e. The molecule has 0 saturated carbocycles. The molecule has 3 nitrogen and oxygen atoms in total. The molecule has 6 heteroatoms. The molecule has 0 atom stereocenters. The van der Waals surface area contributed by atoms with Gasteiger partial charge in [-0.3, -0.25) is 0 Å². The molecule has 2 aromatic carbocycles. The predicted molar refractivity (Wildman–Crippen MR) is 103 cm³/mol. The molecule has 4 rings (SSSR count). The van der Waals surface area contributed by atoms with Gasteiger partial charge in [0.25, 0.3) is 0 Å². The Bertz CT molecular complexity index is 1010. The van der Waals surface area contributed by atoms with E-state index >= 15 is 0 Å². The molecule has 0 bridgehead atoms. The van der Waals surface area contributed by atoms with Gasteiger partial charge >= 0.3 is 0 Å². The van der Waals surface area contributed by atoms with E-state index in [1.54, 1.807) is 23.1 Å². The fourth-order valence-electron chi connectivity index (χ4n) is 2.60. The van der Waals surface area contributed by atoms with E-state index in [9.17, 15) is 0 Å². The summed E-state index contributed by atoms with van der Waals surface area (Å²) < 4.78 is 3.33. The number of thioether (sulfide) groups is 1. The molecule has 0 saturated heterocycles. The van der Waals surface area contributed by atoms with E-state index in [0.29, 0.717) is 0 Å². The summed E-state index contributed by atoms with van der Waals surface area (Å²) in [5.74, 6) is 1.72. The Balaban J connectivity index is 1.61. The van der Waals surface area contributed by atoms with Gasteiger partial charge in [0.15, 0.2) is 11.0 Å². The average molecular weight is 372 g/mol. The van der Waals surface area contributed by atoms with Gasteiger partial charge in [-0.05, 0) is 23.8 Å². The number of hydrogen-bond donors (Lipinski definition) is 0. The highest BCUT2D eigenvalue weighted by molar-refractivity contribution is 7.98. The van der Waals surface area contributed by atoms with Gasteiger partial charge in [-0.1, -0.05) is 53.7 Å². The standard InChI is InChI=1S/C18H14ClN3S2/c1-22-17(15-11-23-16-8-3-2-7-14(15)16)20-21-18(22)24-10-12-5-4-6-13(19)9-12/h2-9,11H,10H2,1H3. The first-order valence-electron chi connectivity index (χ1n) is 7.45. The van der Waals surface area contributed by atoms with E-state index in [1.165, 1.54) is 15.6 Å². The van der Waals surface area contributed by atoms with Crippen LogP contribution in [0.25, 0.3) is 21.5 Å². The minimum atomic E-state index is 0.761. The van der Waals surface area contributed by atoms with Crippen molar-refractivity contribution in [2.24, 2.45) is 7.05 Å². The second kappa shape index (κ2) is 6.59. The topological polar surface area (TPSA) is 30.7 Å². The maximum Gasteiger partial charge on any atom is 0.191 e. The number of rotatable bonds is 4. The van der Waals surface area contributed by atoms with Gasteiger partial charge in [-0.2, -0.15) is 0 Å². The summed E-state index contributed by atoms with van der Waals surface area (Å²) in [5.41, 5.74) is 2.32. The number of aromatic nitrogens is 3. The van der Waals surface area contributed by atoms with Crippen LogP contribution >= 0.6 is 34.7 Å². The summed E-state index contributed by atoms with van der Waals surface area (Å²) >= 11 is 9.45. The Hall–Kier alpha value is -1.82. The number of nitrogens with zero attached hydrogens (tertiary/aromatic N) is 3. The Kier molecular flexibility index (Phi) is 4.31. The zero-order chi connectivity index (χ0) is 16.5. The van der Waals surface area contributed by atoms with Crippen molar-refractivity contribution in [3.63, 3.8) is 0 Å². The molecule has 2 aromatic heterocycles. The van der Waals surface area contributed by atoms with Crippen molar-refractivity contribution in [1.29, 1.82) is 0 Å². The monoisotopic (exact) mass is 371 g/mol. The lowest BCUT2D eigenvalue weighted by atomic mass is 10.2. The summed E-state index contributed by atoms with van der Waals surface area (Å²) in [5, 5.41) is 13.8. The van der Waals surface area contributed by atoms with Gasteiger partial charge < -0.3 is 4.57 Å². The van der Waals surface area contributed by atoms with Crippen molar-refractivity contribution in [3.8, 4) is 11.4 Å². The lowest BCUT2D eigenvalue weighted by molar-refractivity contribution is 0.794. The van der Waals surface area contributed by atoms with E-state index in [1.807, 2.05) is 25.2 Å². The van der Waals surface area contributed by atoms with E-state index in [0.717, 1.165) is 27.3 Å². The highest BCUT2D eigenvalue weighted by Crippen LogP contribution is 2.34. The van der Waals surface area contributed by atoms with Crippen LogP contribution in [0.3, 0.4) is 0 Å². The average Bonchev–Trinajstić information content (AvgIpc) is 3.16. The molecule has 0 spiro atoms. The summed E-state index contributed by atoms with van der Waals surface area (Å²) in [7, 11) is 2.02. The Morgan fingerprint density at radius 1 is 1.12 bits per heavy atom. The third-order valence-corrected chi connectivity index (χ3v) is 6.10. The van der Waals surface area contributed by atoms with Gasteiger partial charge in [-0.25, -0.2) is 0 Å². The molecule has 0 N–H and O–H groups in total. The highest BCUT2D eigenvalue weighted by Gasteiger charge is 2.15. The fourth-order valence-corrected chi connectivity index (χ4v) is 4.61. The van der Waals surface area contributed by atoms with Crippen molar-refractivity contribution in [3.05, 3.63) is 64.5 Å². The first-order chi connectivity index (χ1) is 11.7. The molecular formula is C18H14ClN3S2. The largest absolute Gasteiger partial charge is 0.305 e. The van der Waals surface area contributed by atoms with Gasteiger partial charge in [0.1, 0.15) is 0 Å². The third-order valence-electron chi connectivity index (χ3n) is 3.81. The molecular weight excluding hydrogens is 358 g/mol. The van der Waals surface area contributed by atoms with E-state index in [-0.39, 0.29) is 0 Å². The normalized spacial score (nSPS) is 11.2. The van der Waals surface area contributed by atoms with E-state index < -0.39 is 0 Å². The lowest BCUT2D eigenvalue weighted by Gasteiger charge is -2.04. The van der Waals surface area contributed by atoms with Crippen molar-refractivity contribution in [2.75, 3.05) is 0 Å². The van der Waals surface area contributed by atoms with Crippen LogP contribution in [0.2, 0.25) is 5.02 Å². The summed E-state index contributed by atoms with van der Waals surface area (Å²) in [6.45, 7) is 0. The summed E-state index contributed by atoms with van der Waals surface area (Å²) in [6.07, 6.45) is 0. The van der Waals surface area contributed by atoms with Crippen LogP contribution in [0.5, 0.6) is 0 Å². The van der Waals surface area contributed by atoms with E-state index in [2.05, 4.69) is 50.5 Å². The predicted octanol–water partition coefficient (Wildman–Crippen LogP) is 5.64. The first-order valence-corrected chi connectivity index (χ1v) is 9.70. The van der Waals surface area contributed by atoms with Gasteiger partial charge in [-0.15, -0.1) is 21.5 Å². The van der Waals surface area contributed by atoms with E-state index in [4.69, 9.17) is 11.6 Å². The van der Waals surface area contributed by atoms with Crippen LogP contribution in [-0.4, -0.2) is 14.8 Å². The Morgan fingerprint density at radius 3 is 2.88 bits per heavy atom. The maximum atomic E-state index is 6.04. The van der Waals surface area contributed by atoms with Gasteiger partial charge in [0, 0.05) is 38.9 Å². The van der Waals surface area contributed by atoms with Crippen molar-refractivity contribution in [1.82, 2.24) is 14.8 Å². The summed E-state index contributed by atoms with van der Waals surface area (Å²) in [4.78, 5) is 0. The number of hydrogen-bond acceptors (Lipinski definition) is 4. The van der Waals surface area contributed by atoms with Crippen LogP contribution in [0.4, 0.5) is 0 Å². The molecule has 0 aliphatic carbocycles. The maximum absolute atomic E-state index is 6.04. The number of thiophene rings is 1. The first kappa shape index (κ1) is 15.7. The molecule has 2 heterocycles. The van der Waals surface area contributed by atoms with Crippen molar-refractivity contribution < 1.29 is 0 Å². The van der Waals surface area contributed by atoms with Crippen LogP contribution < -0.4 is 0 Å². The molecule has 0 unspecified atom stereocenters. The second-order valence-corrected chi connectivity index (χ2v) is 7.72. The van der Waals surface area contributed by atoms with Crippen molar-refractivity contribution in [2.45, 2.75) is 10.9 Å². The molecule has 0 aliphatic rings. The van der Waals surface area contributed by atoms with Crippen LogP contribution in [-0.2, 0) is 12.8 Å². The highest BCUT2D eigenvalue weighted by atomic mass is 35.5. The number of halogens is 1. The molecule has 0 radical (unpaired) electrons. The second-order valence-electron chi connectivity index (χ2n) is 5.43. The van der Waals surface area contributed by atoms with Crippen LogP contribution in [0.15, 0.2) is 59.1 Å². The number of benzene rings is 2. The van der Waals surface area contributed by atoms with Crippen LogP contribution in [0.1, 0.15) is 5.56 Å². The fraction of sp³-hybridized carbons (Fsp3) is 0.111. The number of fused-ring (bicyclic) bond motifs is 1.